The highest BCUT2D eigenvalue weighted by Crippen LogP contribution is 2.08. The Kier molecular flexibility index (Phi) is 45.5. The molecule has 0 radical (unpaired) electrons. The molecule has 0 aromatic heterocycles. The van der Waals surface area contributed by atoms with E-state index in [1.165, 1.54) is 0 Å². The number of unbranched alkanes of at least 4 members (excludes halogenated alkanes) is 17. The van der Waals surface area contributed by atoms with E-state index in [2.05, 4.69) is 26.1 Å². The lowest BCUT2D eigenvalue weighted by Gasteiger charge is -2.18. The molecule has 18 heteroatoms. The number of aldehydes is 3. The molecule has 0 heterocycles. The summed E-state index contributed by atoms with van der Waals surface area (Å²) in [5.74, 6) is -1.42. The predicted octanol–water partition coefficient (Wildman–Crippen LogP) is 5.21. The second kappa shape index (κ2) is 48.6. The quantitative estimate of drug-likeness (QED) is 0.0299. The average molecular weight is 940 g/mol. The van der Waals surface area contributed by atoms with Gasteiger partial charge in [-0.25, -0.2) is 4.79 Å². The summed E-state index contributed by atoms with van der Waals surface area (Å²) < 4.78 is 17.4. The summed E-state index contributed by atoms with van der Waals surface area (Å²) in [7, 11) is 0. The molecule has 5 N–H and O–H groups in total. The molecule has 380 valence electrons. The number of hydrogen-bond acceptors (Lipinski definition) is 13. The predicted molar refractivity (Wildman–Crippen MR) is 250 cm³/mol. The van der Waals surface area contributed by atoms with Gasteiger partial charge in [0.2, 0.25) is 23.6 Å². The average Bonchev–Trinajstić information content (AvgIpc) is 3.31. The first-order chi connectivity index (χ1) is 32.2. The van der Waals surface area contributed by atoms with Crippen molar-refractivity contribution >= 4 is 54.4 Å². The molecule has 0 aliphatic rings. The molecule has 18 nitrogen and oxygen atoms in total. The molecular weight excluding hydrogens is 855 g/mol. The lowest BCUT2D eigenvalue weighted by Crippen LogP contribution is -2.28. The summed E-state index contributed by atoms with van der Waals surface area (Å²) >= 11 is 0. The number of rotatable bonds is 49. The highest BCUT2D eigenvalue weighted by atomic mass is 16.7. The minimum Gasteiger partial charge on any atom is -0.380 e. The third-order valence-corrected chi connectivity index (χ3v) is 10.4. The van der Waals surface area contributed by atoms with E-state index >= 15 is 0 Å². The van der Waals surface area contributed by atoms with Crippen LogP contribution >= 0.6 is 0 Å². The number of hydrogen-bond donors (Lipinski definition) is 5. The highest BCUT2D eigenvalue weighted by Gasteiger charge is 2.13. The van der Waals surface area contributed by atoms with Crippen molar-refractivity contribution in [3.05, 3.63) is 0 Å². The number of amides is 5. The van der Waals surface area contributed by atoms with E-state index in [0.717, 1.165) is 128 Å². The number of hydroxylamine groups is 1. The first kappa shape index (κ1) is 61.7. The van der Waals surface area contributed by atoms with E-state index in [-0.39, 0.29) is 94.5 Å². The lowest BCUT2D eigenvalue weighted by molar-refractivity contribution is -0.158. The number of ether oxygens (including phenoxy) is 3. The van der Waals surface area contributed by atoms with Gasteiger partial charge >= 0.3 is 5.97 Å². The summed E-state index contributed by atoms with van der Waals surface area (Å²) in [5, 5.41) is 11.7. The summed E-state index contributed by atoms with van der Waals surface area (Å²) in [6, 6.07) is 0. The maximum Gasteiger partial charge on any atom is 0.332 e. The second-order valence-corrected chi connectivity index (χ2v) is 16.6. The fourth-order valence-electron chi connectivity index (χ4n) is 6.51. The van der Waals surface area contributed by atoms with Gasteiger partial charge in [0.25, 0.3) is 5.91 Å². The number of nitrogens with one attached hydrogen (secondary N) is 5. The smallest absolute Gasteiger partial charge is 0.332 e. The van der Waals surface area contributed by atoms with Crippen LogP contribution in [0.2, 0.25) is 0 Å². The fourth-order valence-corrected chi connectivity index (χ4v) is 6.51. The molecule has 0 fully saturated rings. The first-order valence-electron chi connectivity index (χ1n) is 24.8. The van der Waals surface area contributed by atoms with Crippen molar-refractivity contribution in [2.24, 2.45) is 5.92 Å². The molecule has 0 spiro atoms. The molecule has 0 aliphatic heterocycles. The van der Waals surface area contributed by atoms with Gasteiger partial charge in [0.1, 0.15) is 18.9 Å². The Morgan fingerprint density at radius 3 is 1.08 bits per heavy atom. The van der Waals surface area contributed by atoms with Crippen molar-refractivity contribution in [3.63, 3.8) is 0 Å². The molecule has 0 saturated carbocycles. The standard InChI is InChI=1S/C48H85N5O13/c54-33-20-12-3-1-8-16-30-50-44(58)26-36-63-39-42(40-64-37-27-45(59)51-31-17-9-2-4-13-21-34-55)41-65-38-28-46(60)52-32-19-11-7-14-23-43(57)49-29-18-10-5-6-15-25-48(62)66-53-47(61)24-22-35-56/h33-35,42H,1-32,36-41H2,(H,49,57)(H,50,58)(H,51,59)(H,52,60)(H,53,61). The van der Waals surface area contributed by atoms with Crippen LogP contribution in [0, 0.1) is 5.92 Å². The summed E-state index contributed by atoms with van der Waals surface area (Å²) in [5.41, 5.74) is 2.03. The van der Waals surface area contributed by atoms with Crippen LogP contribution in [0.1, 0.15) is 180 Å². The Balaban J connectivity index is 4.17. The van der Waals surface area contributed by atoms with Crippen LogP contribution in [0.25, 0.3) is 0 Å². The van der Waals surface area contributed by atoms with E-state index < -0.39 is 11.9 Å². The van der Waals surface area contributed by atoms with Gasteiger partial charge < -0.3 is 54.7 Å². The van der Waals surface area contributed by atoms with Crippen LogP contribution < -0.4 is 26.7 Å². The highest BCUT2D eigenvalue weighted by molar-refractivity contribution is 5.79. The first-order valence-corrected chi connectivity index (χ1v) is 24.8. The van der Waals surface area contributed by atoms with Crippen LogP contribution in [0.15, 0.2) is 0 Å². The molecule has 0 rings (SSSR count). The van der Waals surface area contributed by atoms with Crippen molar-refractivity contribution in [1.29, 1.82) is 0 Å². The normalized spacial score (nSPS) is 10.9. The van der Waals surface area contributed by atoms with Gasteiger partial charge in [-0.05, 0) is 51.4 Å². The maximum absolute atomic E-state index is 12.4. The second-order valence-electron chi connectivity index (χ2n) is 16.6. The zero-order chi connectivity index (χ0) is 48.4. The molecule has 0 unspecified atom stereocenters. The van der Waals surface area contributed by atoms with Crippen molar-refractivity contribution < 1.29 is 62.2 Å². The van der Waals surface area contributed by atoms with E-state index in [1.807, 2.05) is 5.48 Å². The molecule has 0 atom stereocenters. The third-order valence-electron chi connectivity index (χ3n) is 10.4. The van der Waals surface area contributed by atoms with Crippen LogP contribution in [0.4, 0.5) is 0 Å². The summed E-state index contributed by atoms with van der Waals surface area (Å²) in [6.45, 7) is 3.94. The third kappa shape index (κ3) is 46.2. The molecule has 0 saturated heterocycles. The van der Waals surface area contributed by atoms with Crippen molar-refractivity contribution in [2.45, 2.75) is 180 Å². The largest absolute Gasteiger partial charge is 0.380 e. The summed E-state index contributed by atoms with van der Waals surface area (Å²) in [6.07, 6.45) is 22.3. The Morgan fingerprint density at radius 1 is 0.348 bits per heavy atom. The van der Waals surface area contributed by atoms with Gasteiger partial charge in [0, 0.05) is 89.9 Å². The Bertz CT molecular complexity index is 1250. The number of carbonyl (C=O) groups is 9. The van der Waals surface area contributed by atoms with Crippen molar-refractivity contribution in [3.8, 4) is 0 Å². The van der Waals surface area contributed by atoms with Crippen molar-refractivity contribution in [2.75, 3.05) is 65.8 Å². The van der Waals surface area contributed by atoms with E-state index in [1.54, 1.807) is 0 Å². The van der Waals surface area contributed by atoms with Gasteiger partial charge in [-0.2, -0.15) is 5.48 Å². The van der Waals surface area contributed by atoms with Gasteiger partial charge in [0.05, 0.1) is 39.6 Å². The van der Waals surface area contributed by atoms with Gasteiger partial charge in [-0.15, -0.1) is 0 Å². The van der Waals surface area contributed by atoms with Crippen LogP contribution in [-0.2, 0) is 62.2 Å². The number of carbonyl (C=O) groups excluding carboxylic acids is 9. The molecule has 0 bridgehead atoms. The minimum atomic E-state index is -0.515. The Labute approximate surface area is 394 Å². The van der Waals surface area contributed by atoms with E-state index in [0.29, 0.717) is 71.4 Å². The lowest BCUT2D eigenvalue weighted by atomic mass is 10.1. The zero-order valence-corrected chi connectivity index (χ0v) is 40.0. The molecule has 0 aromatic carbocycles. The molecule has 66 heavy (non-hydrogen) atoms. The van der Waals surface area contributed by atoms with Crippen molar-refractivity contribution in [1.82, 2.24) is 26.7 Å². The van der Waals surface area contributed by atoms with Gasteiger partial charge in [-0.3, -0.25) is 24.0 Å². The van der Waals surface area contributed by atoms with Crippen LogP contribution in [0.3, 0.4) is 0 Å². The van der Waals surface area contributed by atoms with Crippen LogP contribution in [-0.4, -0.2) is 120 Å². The molecule has 0 aromatic rings. The van der Waals surface area contributed by atoms with Gasteiger partial charge in [0.15, 0.2) is 0 Å². The minimum absolute atomic E-state index is 0.0187. The SMILES string of the molecule is O=CCCCCCCCNC(=O)CCOCC(COCCC(=O)NCCCCCCCC=O)COCCC(=O)NCCCCCCC(=O)NCCCCCCCC(=O)ONC(=O)CCC=O. The fraction of sp³-hybridized carbons (Fsp3) is 0.812. The topological polar surface area (TPSA) is 251 Å². The Hall–Kier alpha value is -4.29. The van der Waals surface area contributed by atoms with Crippen LogP contribution in [0.5, 0.6) is 0 Å². The van der Waals surface area contributed by atoms with E-state index in [9.17, 15) is 43.2 Å². The summed E-state index contributed by atoms with van der Waals surface area (Å²) in [4.78, 5) is 108. The molecular formula is C48H85N5O13. The Morgan fingerprint density at radius 2 is 0.682 bits per heavy atom. The van der Waals surface area contributed by atoms with E-state index in [4.69, 9.17) is 14.2 Å². The monoisotopic (exact) mass is 940 g/mol. The zero-order valence-electron chi connectivity index (χ0n) is 40.0. The molecule has 0 aliphatic carbocycles. The maximum atomic E-state index is 12.4. The molecule has 5 amide bonds. The van der Waals surface area contributed by atoms with Gasteiger partial charge in [-0.1, -0.05) is 70.6 Å².